The van der Waals surface area contributed by atoms with Crippen molar-refractivity contribution in [2.75, 3.05) is 39.2 Å². The highest BCUT2D eigenvalue weighted by molar-refractivity contribution is 9.10. The van der Waals surface area contributed by atoms with E-state index >= 15 is 0 Å². The Morgan fingerprint density at radius 3 is 2.43 bits per heavy atom. The van der Waals surface area contributed by atoms with E-state index in [-0.39, 0.29) is 5.91 Å². The van der Waals surface area contributed by atoms with Crippen LogP contribution in [-0.2, 0) is 0 Å². The van der Waals surface area contributed by atoms with Gasteiger partial charge >= 0.3 is 0 Å². The molecule has 0 radical (unpaired) electrons. The van der Waals surface area contributed by atoms with E-state index in [0.717, 1.165) is 10.2 Å². The summed E-state index contributed by atoms with van der Waals surface area (Å²) < 4.78 is 11.8. The highest BCUT2D eigenvalue weighted by atomic mass is 79.9. The SMILES string of the molecule is CCOc1cc(NC(=NC)NCCNC(=O)c2ccc(Br)cc2)ccc1OC. The van der Waals surface area contributed by atoms with Gasteiger partial charge in [-0.15, -0.1) is 0 Å². The van der Waals surface area contributed by atoms with E-state index in [0.29, 0.717) is 42.7 Å². The second kappa shape index (κ2) is 11.2. The molecule has 28 heavy (non-hydrogen) atoms. The summed E-state index contributed by atoms with van der Waals surface area (Å²) in [5, 5.41) is 9.22. The maximum Gasteiger partial charge on any atom is 0.251 e. The van der Waals surface area contributed by atoms with Crippen LogP contribution in [0, 0.1) is 0 Å². The first-order chi connectivity index (χ1) is 13.6. The molecule has 2 aromatic rings. The maximum atomic E-state index is 12.1. The molecular weight excluding hydrogens is 424 g/mol. The van der Waals surface area contributed by atoms with Gasteiger partial charge < -0.3 is 25.4 Å². The van der Waals surface area contributed by atoms with Crippen molar-refractivity contribution in [3.63, 3.8) is 0 Å². The van der Waals surface area contributed by atoms with Gasteiger partial charge in [-0.2, -0.15) is 0 Å². The van der Waals surface area contributed by atoms with Crippen molar-refractivity contribution >= 4 is 33.5 Å². The molecule has 3 N–H and O–H groups in total. The third-order valence-electron chi connectivity index (χ3n) is 3.76. The fraction of sp³-hybridized carbons (Fsp3) is 0.300. The van der Waals surface area contributed by atoms with E-state index in [9.17, 15) is 4.79 Å². The highest BCUT2D eigenvalue weighted by Gasteiger charge is 2.07. The molecule has 0 fully saturated rings. The number of ether oxygens (including phenoxy) is 2. The van der Waals surface area contributed by atoms with Crippen LogP contribution in [0.2, 0.25) is 0 Å². The number of rotatable bonds is 8. The maximum absolute atomic E-state index is 12.1. The van der Waals surface area contributed by atoms with Crippen LogP contribution < -0.4 is 25.4 Å². The Morgan fingerprint density at radius 2 is 1.79 bits per heavy atom. The average molecular weight is 449 g/mol. The van der Waals surface area contributed by atoms with Crippen LogP contribution in [0.4, 0.5) is 5.69 Å². The van der Waals surface area contributed by atoms with Crippen LogP contribution in [0.15, 0.2) is 51.9 Å². The molecule has 0 unspecified atom stereocenters. The van der Waals surface area contributed by atoms with E-state index in [1.807, 2.05) is 37.3 Å². The number of carbonyl (C=O) groups is 1. The minimum Gasteiger partial charge on any atom is -0.493 e. The first-order valence-corrected chi connectivity index (χ1v) is 9.69. The summed E-state index contributed by atoms with van der Waals surface area (Å²) in [7, 11) is 3.29. The second-order valence-corrected chi connectivity index (χ2v) is 6.60. The smallest absolute Gasteiger partial charge is 0.251 e. The molecule has 0 atom stereocenters. The Morgan fingerprint density at radius 1 is 1.07 bits per heavy atom. The van der Waals surface area contributed by atoms with Gasteiger partial charge in [-0.1, -0.05) is 15.9 Å². The van der Waals surface area contributed by atoms with Crippen molar-refractivity contribution < 1.29 is 14.3 Å². The second-order valence-electron chi connectivity index (χ2n) is 5.69. The number of halogens is 1. The van der Waals surface area contributed by atoms with Crippen LogP contribution >= 0.6 is 15.9 Å². The number of hydrogen-bond donors (Lipinski definition) is 3. The molecule has 1 amide bonds. The number of amides is 1. The zero-order valence-corrected chi connectivity index (χ0v) is 17.8. The number of guanidine groups is 1. The molecule has 0 spiro atoms. The molecule has 7 nitrogen and oxygen atoms in total. The summed E-state index contributed by atoms with van der Waals surface area (Å²) in [6.45, 7) is 3.45. The van der Waals surface area contributed by atoms with Crippen LogP contribution in [0.5, 0.6) is 11.5 Å². The third kappa shape index (κ3) is 6.45. The van der Waals surface area contributed by atoms with Gasteiger partial charge in [0, 0.05) is 41.9 Å². The molecule has 2 rings (SSSR count). The molecule has 2 aromatic carbocycles. The van der Waals surface area contributed by atoms with E-state index < -0.39 is 0 Å². The molecule has 0 aliphatic carbocycles. The first kappa shape index (κ1) is 21.6. The van der Waals surface area contributed by atoms with Gasteiger partial charge in [0.2, 0.25) is 0 Å². The standard InChI is InChI=1S/C20H25BrN4O3/c1-4-28-18-13-16(9-10-17(18)27-3)25-20(22-2)24-12-11-23-19(26)14-5-7-15(21)8-6-14/h5-10,13H,4,11-12H2,1-3H3,(H,23,26)(H2,22,24,25). The lowest BCUT2D eigenvalue weighted by Gasteiger charge is -2.15. The van der Waals surface area contributed by atoms with Gasteiger partial charge in [0.15, 0.2) is 17.5 Å². The summed E-state index contributed by atoms with van der Waals surface area (Å²) in [6, 6.07) is 12.8. The molecular formula is C20H25BrN4O3. The Bertz CT molecular complexity index is 810. The van der Waals surface area contributed by atoms with Crippen LogP contribution in [0.3, 0.4) is 0 Å². The van der Waals surface area contributed by atoms with Crippen molar-refractivity contribution in [2.24, 2.45) is 4.99 Å². The van der Waals surface area contributed by atoms with Gasteiger partial charge in [-0.25, -0.2) is 0 Å². The number of nitrogens with zero attached hydrogens (tertiary/aromatic N) is 1. The zero-order chi connectivity index (χ0) is 20.4. The molecule has 150 valence electrons. The minimum absolute atomic E-state index is 0.117. The topological polar surface area (TPSA) is 84.0 Å². The molecule has 0 heterocycles. The van der Waals surface area contributed by atoms with Gasteiger partial charge in [0.05, 0.1) is 13.7 Å². The molecule has 0 bridgehead atoms. The molecule has 0 saturated carbocycles. The Labute approximate surface area is 173 Å². The van der Waals surface area contributed by atoms with Crippen LogP contribution in [0.25, 0.3) is 0 Å². The highest BCUT2D eigenvalue weighted by Crippen LogP contribution is 2.30. The van der Waals surface area contributed by atoms with Crippen molar-refractivity contribution in [3.05, 3.63) is 52.5 Å². The van der Waals surface area contributed by atoms with Gasteiger partial charge in [0.1, 0.15) is 0 Å². The monoisotopic (exact) mass is 448 g/mol. The number of hydrogen-bond acceptors (Lipinski definition) is 4. The third-order valence-corrected chi connectivity index (χ3v) is 4.29. The number of nitrogens with one attached hydrogen (secondary N) is 3. The number of aliphatic imine (C=N–C) groups is 1. The molecule has 0 aliphatic rings. The molecule has 0 aliphatic heterocycles. The summed E-state index contributed by atoms with van der Waals surface area (Å²) in [5.41, 5.74) is 1.43. The largest absolute Gasteiger partial charge is 0.493 e. The first-order valence-electron chi connectivity index (χ1n) is 8.89. The number of methoxy groups -OCH3 is 1. The fourth-order valence-electron chi connectivity index (χ4n) is 2.40. The minimum atomic E-state index is -0.117. The van der Waals surface area contributed by atoms with E-state index in [2.05, 4.69) is 36.9 Å². The van der Waals surface area contributed by atoms with Crippen molar-refractivity contribution in [1.29, 1.82) is 0 Å². The summed E-state index contributed by atoms with van der Waals surface area (Å²) in [5.74, 6) is 1.80. The normalized spacial score (nSPS) is 10.9. The lowest BCUT2D eigenvalue weighted by molar-refractivity contribution is 0.0954. The molecule has 0 aromatic heterocycles. The molecule has 0 saturated heterocycles. The molecule has 8 heteroatoms. The van der Waals surface area contributed by atoms with E-state index in [1.165, 1.54) is 0 Å². The summed E-state index contributed by atoms with van der Waals surface area (Å²) in [4.78, 5) is 16.3. The summed E-state index contributed by atoms with van der Waals surface area (Å²) >= 11 is 3.35. The lowest BCUT2D eigenvalue weighted by atomic mass is 10.2. The van der Waals surface area contributed by atoms with Crippen LogP contribution in [-0.4, -0.2) is 45.7 Å². The van der Waals surface area contributed by atoms with Crippen molar-refractivity contribution in [1.82, 2.24) is 10.6 Å². The fourth-order valence-corrected chi connectivity index (χ4v) is 2.66. The Kier molecular flexibility index (Phi) is 8.61. The van der Waals surface area contributed by atoms with E-state index in [1.54, 1.807) is 26.3 Å². The van der Waals surface area contributed by atoms with Crippen molar-refractivity contribution in [3.8, 4) is 11.5 Å². The average Bonchev–Trinajstić information content (AvgIpc) is 2.71. The van der Waals surface area contributed by atoms with E-state index in [4.69, 9.17) is 9.47 Å². The lowest BCUT2D eigenvalue weighted by Crippen LogP contribution is -2.37. The quantitative estimate of drug-likeness (QED) is 0.327. The van der Waals surface area contributed by atoms with Gasteiger partial charge in [-0.3, -0.25) is 9.79 Å². The number of carbonyl (C=O) groups excluding carboxylic acids is 1. The Hall–Kier alpha value is -2.74. The van der Waals surface area contributed by atoms with Gasteiger partial charge in [-0.05, 0) is 43.3 Å². The predicted molar refractivity (Wildman–Crippen MR) is 116 cm³/mol. The zero-order valence-electron chi connectivity index (χ0n) is 16.2. The summed E-state index contributed by atoms with van der Waals surface area (Å²) in [6.07, 6.45) is 0. The van der Waals surface area contributed by atoms with Crippen LogP contribution in [0.1, 0.15) is 17.3 Å². The number of benzene rings is 2. The number of anilines is 1. The van der Waals surface area contributed by atoms with Gasteiger partial charge in [0.25, 0.3) is 5.91 Å². The predicted octanol–water partition coefficient (Wildman–Crippen LogP) is 3.27. The Balaban J connectivity index is 1.83. The van der Waals surface area contributed by atoms with Crippen molar-refractivity contribution in [2.45, 2.75) is 6.92 Å².